The molecule has 1 aliphatic rings. The summed E-state index contributed by atoms with van der Waals surface area (Å²) >= 11 is 0. The molecule has 1 saturated heterocycles. The number of aromatic nitrogens is 3. The van der Waals surface area contributed by atoms with Crippen LogP contribution in [0.4, 0.5) is 13.2 Å². The Morgan fingerprint density at radius 3 is 2.52 bits per heavy atom. The highest BCUT2D eigenvalue weighted by Gasteiger charge is 2.35. The van der Waals surface area contributed by atoms with Gasteiger partial charge >= 0.3 is 6.18 Å². The average molecular weight is 372 g/mol. The number of benzene rings is 1. The van der Waals surface area contributed by atoms with E-state index in [1.165, 1.54) is 4.90 Å². The van der Waals surface area contributed by atoms with Crippen LogP contribution >= 0.6 is 0 Å². The Labute approximate surface area is 155 Å². The second-order valence-corrected chi connectivity index (χ2v) is 6.82. The van der Waals surface area contributed by atoms with Gasteiger partial charge < -0.3 is 4.98 Å². The lowest BCUT2D eigenvalue weighted by Gasteiger charge is -2.17. The number of imidazole rings is 1. The Morgan fingerprint density at radius 2 is 1.81 bits per heavy atom. The molecular weight excluding hydrogens is 353 g/mol. The van der Waals surface area contributed by atoms with Gasteiger partial charge in [0.15, 0.2) is 0 Å². The van der Waals surface area contributed by atoms with E-state index in [1.807, 2.05) is 42.5 Å². The Hall–Kier alpha value is -2.67. The molecule has 7 heteroatoms. The summed E-state index contributed by atoms with van der Waals surface area (Å²) in [7, 11) is 0. The zero-order valence-electron chi connectivity index (χ0n) is 14.6. The second kappa shape index (κ2) is 7.15. The van der Waals surface area contributed by atoms with Crippen LogP contribution < -0.4 is 0 Å². The number of alkyl halides is 3. The van der Waals surface area contributed by atoms with Crippen LogP contribution in [0.1, 0.15) is 18.2 Å². The molecule has 1 fully saturated rings. The van der Waals surface area contributed by atoms with Gasteiger partial charge in [0.05, 0.1) is 24.1 Å². The molecule has 27 heavy (non-hydrogen) atoms. The van der Waals surface area contributed by atoms with Gasteiger partial charge in [-0.3, -0.25) is 9.88 Å². The second-order valence-electron chi connectivity index (χ2n) is 6.82. The number of hydrogen-bond acceptors (Lipinski definition) is 3. The SMILES string of the molecule is FC(F)(F)CN1CCC(c2ncc(-c3ccc(-c4ccccc4)nc3)[nH]2)C1. The molecule has 1 aliphatic heterocycles. The molecule has 0 saturated carbocycles. The first-order valence-corrected chi connectivity index (χ1v) is 8.84. The third-order valence-corrected chi connectivity index (χ3v) is 4.80. The minimum atomic E-state index is -4.16. The molecule has 0 aliphatic carbocycles. The highest BCUT2D eigenvalue weighted by atomic mass is 19.4. The molecule has 0 spiro atoms. The maximum absolute atomic E-state index is 12.5. The predicted octanol–water partition coefficient (Wildman–Crippen LogP) is 4.49. The van der Waals surface area contributed by atoms with Crippen molar-refractivity contribution >= 4 is 0 Å². The van der Waals surface area contributed by atoms with Gasteiger partial charge in [-0.25, -0.2) is 4.98 Å². The first kappa shape index (κ1) is 17.7. The average Bonchev–Trinajstić information content (AvgIpc) is 3.31. The number of hydrogen-bond donors (Lipinski definition) is 1. The van der Waals surface area contributed by atoms with E-state index in [0.29, 0.717) is 19.5 Å². The molecule has 3 aromatic rings. The van der Waals surface area contributed by atoms with Gasteiger partial charge in [-0.15, -0.1) is 0 Å². The van der Waals surface area contributed by atoms with Crippen molar-refractivity contribution in [3.8, 4) is 22.5 Å². The number of rotatable bonds is 4. The third kappa shape index (κ3) is 4.19. The highest BCUT2D eigenvalue weighted by Crippen LogP contribution is 2.29. The standard InChI is InChI=1S/C20H19F3N4/c21-20(22,23)13-27-9-8-16(12-27)19-25-11-18(26-19)15-6-7-17(24-10-15)14-4-2-1-3-5-14/h1-7,10-11,16H,8-9,12-13H2,(H,25,26). The molecular formula is C20H19F3N4. The zero-order valence-corrected chi connectivity index (χ0v) is 14.6. The third-order valence-electron chi connectivity index (χ3n) is 4.80. The first-order valence-electron chi connectivity index (χ1n) is 8.84. The summed E-state index contributed by atoms with van der Waals surface area (Å²) in [4.78, 5) is 13.6. The number of halogens is 3. The number of nitrogens with zero attached hydrogens (tertiary/aromatic N) is 3. The Bertz CT molecular complexity index is 888. The number of H-pyrrole nitrogens is 1. The van der Waals surface area contributed by atoms with Crippen LogP contribution in [0.5, 0.6) is 0 Å². The van der Waals surface area contributed by atoms with Crippen molar-refractivity contribution in [2.45, 2.75) is 18.5 Å². The molecule has 2 aromatic heterocycles. The van der Waals surface area contributed by atoms with Gasteiger partial charge in [0, 0.05) is 29.8 Å². The van der Waals surface area contributed by atoms with Crippen molar-refractivity contribution in [1.29, 1.82) is 0 Å². The van der Waals surface area contributed by atoms with Crippen LogP contribution in [0.3, 0.4) is 0 Å². The zero-order chi connectivity index (χ0) is 18.9. The monoisotopic (exact) mass is 372 g/mol. The summed E-state index contributed by atoms with van der Waals surface area (Å²) in [6.07, 6.45) is 0.0226. The van der Waals surface area contributed by atoms with E-state index in [2.05, 4.69) is 15.0 Å². The maximum Gasteiger partial charge on any atom is 0.401 e. The normalized spacial score (nSPS) is 18.1. The van der Waals surface area contributed by atoms with Crippen molar-refractivity contribution in [2.75, 3.05) is 19.6 Å². The fraction of sp³-hybridized carbons (Fsp3) is 0.300. The summed E-state index contributed by atoms with van der Waals surface area (Å²) in [6, 6.07) is 13.8. The predicted molar refractivity (Wildman–Crippen MR) is 97.1 cm³/mol. The van der Waals surface area contributed by atoms with Gasteiger partial charge in [0.2, 0.25) is 0 Å². The number of pyridine rings is 1. The van der Waals surface area contributed by atoms with E-state index < -0.39 is 12.7 Å². The van der Waals surface area contributed by atoms with Crippen LogP contribution in [0.25, 0.3) is 22.5 Å². The maximum atomic E-state index is 12.5. The van der Waals surface area contributed by atoms with Crippen molar-refractivity contribution in [3.05, 3.63) is 60.7 Å². The van der Waals surface area contributed by atoms with Crippen molar-refractivity contribution < 1.29 is 13.2 Å². The van der Waals surface area contributed by atoms with Gasteiger partial charge in [-0.05, 0) is 25.1 Å². The van der Waals surface area contributed by atoms with E-state index in [0.717, 1.165) is 28.3 Å². The Kier molecular flexibility index (Phi) is 4.70. The molecule has 0 radical (unpaired) electrons. The first-order chi connectivity index (χ1) is 13.0. The van der Waals surface area contributed by atoms with Crippen molar-refractivity contribution in [2.24, 2.45) is 0 Å². The van der Waals surface area contributed by atoms with E-state index in [9.17, 15) is 13.2 Å². The molecule has 0 amide bonds. The van der Waals surface area contributed by atoms with Crippen LogP contribution in [0.2, 0.25) is 0 Å². The molecule has 4 nitrogen and oxygen atoms in total. The summed E-state index contributed by atoms with van der Waals surface area (Å²) < 4.78 is 37.6. The summed E-state index contributed by atoms with van der Waals surface area (Å²) in [6.45, 7) is -0.0485. The molecule has 1 aromatic carbocycles. The van der Waals surface area contributed by atoms with Gasteiger partial charge in [0.1, 0.15) is 5.82 Å². The van der Waals surface area contributed by atoms with Crippen molar-refractivity contribution in [1.82, 2.24) is 19.9 Å². The smallest absolute Gasteiger partial charge is 0.342 e. The summed E-state index contributed by atoms with van der Waals surface area (Å²) in [5, 5.41) is 0. The Balaban J connectivity index is 1.45. The number of nitrogens with one attached hydrogen (secondary N) is 1. The molecule has 1 N–H and O–H groups in total. The molecule has 140 valence electrons. The van der Waals surface area contributed by atoms with Crippen molar-refractivity contribution in [3.63, 3.8) is 0 Å². The molecule has 4 rings (SSSR count). The fourth-order valence-electron chi connectivity index (χ4n) is 3.48. The molecule has 0 bridgehead atoms. The van der Waals surface area contributed by atoms with Crippen LogP contribution in [0, 0.1) is 0 Å². The lowest BCUT2D eigenvalue weighted by molar-refractivity contribution is -0.143. The van der Waals surface area contributed by atoms with Crippen LogP contribution in [-0.2, 0) is 0 Å². The van der Waals surface area contributed by atoms with Gasteiger partial charge in [0.25, 0.3) is 0 Å². The van der Waals surface area contributed by atoms with Crippen LogP contribution in [-0.4, -0.2) is 45.7 Å². The van der Waals surface area contributed by atoms with Gasteiger partial charge in [-0.1, -0.05) is 30.3 Å². The summed E-state index contributed by atoms with van der Waals surface area (Å²) in [5.74, 6) is 0.736. The lowest BCUT2D eigenvalue weighted by Crippen LogP contribution is -2.32. The largest absolute Gasteiger partial charge is 0.401 e. The lowest BCUT2D eigenvalue weighted by atomic mass is 10.1. The highest BCUT2D eigenvalue weighted by molar-refractivity contribution is 5.64. The molecule has 3 heterocycles. The minimum absolute atomic E-state index is 0.00217. The van der Waals surface area contributed by atoms with Crippen LogP contribution in [0.15, 0.2) is 54.9 Å². The molecule has 1 atom stereocenters. The van der Waals surface area contributed by atoms with Gasteiger partial charge in [-0.2, -0.15) is 13.2 Å². The Morgan fingerprint density at radius 1 is 1.00 bits per heavy atom. The van der Waals surface area contributed by atoms with E-state index in [1.54, 1.807) is 12.4 Å². The molecule has 1 unspecified atom stereocenters. The quantitative estimate of drug-likeness (QED) is 0.734. The number of aromatic amines is 1. The van der Waals surface area contributed by atoms with E-state index in [-0.39, 0.29) is 5.92 Å². The fourth-order valence-corrected chi connectivity index (χ4v) is 3.48. The van der Waals surface area contributed by atoms with E-state index >= 15 is 0 Å². The summed E-state index contributed by atoms with van der Waals surface area (Å²) in [5.41, 5.74) is 3.66. The number of likely N-dealkylation sites (tertiary alicyclic amines) is 1. The van der Waals surface area contributed by atoms with E-state index in [4.69, 9.17) is 0 Å². The minimum Gasteiger partial charge on any atom is -0.342 e. The topological polar surface area (TPSA) is 44.8 Å².